The van der Waals surface area contributed by atoms with E-state index in [9.17, 15) is 33.1 Å². The molecule has 200 valence electrons. The molecule has 4 aliphatic heterocycles. The molecular formula is C23H34F2N5O5S+. The normalized spacial score (nSPS) is 32.4. The number of piperazine rings is 1. The number of carboxylic acids is 1. The third-order valence-electron chi connectivity index (χ3n) is 7.84. The van der Waals surface area contributed by atoms with Crippen molar-refractivity contribution in [2.24, 2.45) is 11.8 Å². The van der Waals surface area contributed by atoms with Crippen LogP contribution in [-0.4, -0.2) is 120 Å². The molecule has 0 spiro atoms. The number of likely N-dealkylation sites (N-methyl/N-ethyl adjacent to an activating group) is 1. The molecule has 0 saturated carbocycles. The average Bonchev–Trinajstić information content (AvgIpc) is 3.35. The summed E-state index contributed by atoms with van der Waals surface area (Å²) in [4.78, 5) is 53.1. The summed E-state index contributed by atoms with van der Waals surface area (Å²) in [5, 5.41) is 15.3. The van der Waals surface area contributed by atoms with E-state index >= 15 is 0 Å². The zero-order valence-electron chi connectivity index (χ0n) is 20.9. The lowest BCUT2D eigenvalue weighted by atomic mass is 9.78. The van der Waals surface area contributed by atoms with Gasteiger partial charge in [-0.3, -0.25) is 14.4 Å². The highest BCUT2D eigenvalue weighted by atomic mass is 32.2. The molecule has 0 aromatic carbocycles. The van der Waals surface area contributed by atoms with Crippen LogP contribution in [0.15, 0.2) is 10.6 Å². The van der Waals surface area contributed by atoms with Crippen molar-refractivity contribution in [1.82, 2.24) is 20.4 Å². The minimum Gasteiger partial charge on any atom is -0.477 e. The van der Waals surface area contributed by atoms with Crippen LogP contribution in [-0.2, 0) is 19.2 Å². The molecule has 0 radical (unpaired) electrons. The van der Waals surface area contributed by atoms with E-state index in [0.717, 1.165) is 17.6 Å². The van der Waals surface area contributed by atoms with Crippen molar-refractivity contribution >= 4 is 35.5 Å². The van der Waals surface area contributed by atoms with E-state index in [4.69, 9.17) is 0 Å². The zero-order valence-corrected chi connectivity index (χ0v) is 21.7. The number of carboxylic acid groups (broad SMARTS) is 1. The number of fused-ring (bicyclic) bond motifs is 1. The number of alkyl halides is 2. The van der Waals surface area contributed by atoms with E-state index in [1.54, 1.807) is 0 Å². The van der Waals surface area contributed by atoms with Crippen molar-refractivity contribution in [2.45, 2.75) is 50.1 Å². The van der Waals surface area contributed by atoms with Gasteiger partial charge in [-0.1, -0.05) is 6.92 Å². The van der Waals surface area contributed by atoms with E-state index in [2.05, 4.69) is 24.7 Å². The zero-order chi connectivity index (χ0) is 26.5. The van der Waals surface area contributed by atoms with Gasteiger partial charge in [0.2, 0.25) is 11.8 Å². The predicted octanol–water partition coefficient (Wildman–Crippen LogP) is -0.0886. The number of amides is 3. The predicted molar refractivity (Wildman–Crippen MR) is 128 cm³/mol. The summed E-state index contributed by atoms with van der Waals surface area (Å²) in [7, 11) is 4.29. The summed E-state index contributed by atoms with van der Waals surface area (Å²) in [6, 6.07) is -1.72. The number of β-lactam (4-membered cyclic amide) rings is 1. The number of aliphatic carboxylic acids is 1. The first kappa shape index (κ1) is 26.8. The van der Waals surface area contributed by atoms with Gasteiger partial charge in [0.25, 0.3) is 5.91 Å². The SMILES string of the molecule is C[C@@H](NC(=O)C(F)F)[C@H]1C(=O)N2C(C(=O)O)=C(S[C@@H]3CN[C@H](C(=O)N4CC[N+](C)(C)CC4)C3)[C@H](C)[C@H]12. The maximum absolute atomic E-state index is 13.0. The second kappa shape index (κ2) is 9.90. The molecular weight excluding hydrogens is 496 g/mol. The van der Waals surface area contributed by atoms with Crippen LogP contribution in [0.4, 0.5) is 8.78 Å². The van der Waals surface area contributed by atoms with Crippen LogP contribution in [0, 0.1) is 11.8 Å². The van der Waals surface area contributed by atoms with E-state index < -0.39 is 42.2 Å². The Labute approximate surface area is 213 Å². The molecule has 6 atom stereocenters. The first-order chi connectivity index (χ1) is 16.8. The van der Waals surface area contributed by atoms with Crippen LogP contribution in [0.1, 0.15) is 20.3 Å². The van der Waals surface area contributed by atoms with Crippen LogP contribution >= 0.6 is 11.8 Å². The lowest BCUT2D eigenvalue weighted by Crippen LogP contribution is -2.66. The standard InChI is InChI=1S/C23H33F2N5O5S/c1-11-16-15(12(2)27-20(31)19(24)25)22(33)29(16)17(23(34)35)18(11)36-13-9-14(26-10-13)21(32)28-5-7-30(3,4)8-6-28/h11-16,19,26H,5-10H2,1-4H3,(H-,27,31,34,35)/p+1/t11-,12-,13+,14+,15-,16-/m1/s1. The summed E-state index contributed by atoms with van der Waals surface area (Å²) in [5.74, 6) is -4.24. The molecule has 3 saturated heterocycles. The molecule has 13 heteroatoms. The number of carbonyl (C=O) groups excluding carboxylic acids is 3. The first-order valence-corrected chi connectivity index (χ1v) is 13.1. The van der Waals surface area contributed by atoms with Crippen molar-refractivity contribution in [3.05, 3.63) is 10.6 Å². The number of thioether (sulfide) groups is 1. The first-order valence-electron chi connectivity index (χ1n) is 12.2. The van der Waals surface area contributed by atoms with E-state index in [1.807, 2.05) is 11.8 Å². The third-order valence-corrected chi connectivity index (χ3v) is 9.35. The molecule has 3 N–H and O–H groups in total. The maximum atomic E-state index is 13.0. The van der Waals surface area contributed by atoms with Crippen molar-refractivity contribution in [3.8, 4) is 0 Å². The maximum Gasteiger partial charge on any atom is 0.353 e. The second-order valence-corrected chi connectivity index (χ2v) is 12.1. The van der Waals surface area contributed by atoms with Crippen molar-refractivity contribution in [2.75, 3.05) is 46.8 Å². The topological polar surface area (TPSA) is 119 Å². The fourth-order valence-corrected chi connectivity index (χ4v) is 7.16. The number of nitrogens with zero attached hydrogens (tertiary/aromatic N) is 3. The third kappa shape index (κ3) is 4.84. The molecule has 10 nitrogen and oxygen atoms in total. The Kier molecular flexibility index (Phi) is 7.37. The molecule has 4 rings (SSSR count). The van der Waals surface area contributed by atoms with Gasteiger partial charge in [0.15, 0.2) is 0 Å². The molecule has 3 amide bonds. The molecule has 36 heavy (non-hydrogen) atoms. The Bertz CT molecular complexity index is 982. The molecule has 0 aromatic rings. The number of quaternary nitrogens is 1. The van der Waals surface area contributed by atoms with Gasteiger partial charge < -0.3 is 30.0 Å². The molecule has 0 unspecified atom stereocenters. The fraction of sp³-hybridized carbons (Fsp3) is 0.739. The molecule has 0 aliphatic carbocycles. The molecule has 4 heterocycles. The summed E-state index contributed by atoms with van der Waals surface area (Å²) in [6.07, 6.45) is -2.65. The number of carbonyl (C=O) groups is 4. The van der Waals surface area contributed by atoms with Crippen LogP contribution in [0.2, 0.25) is 0 Å². The molecule has 3 fully saturated rings. The minimum absolute atomic E-state index is 0.0500. The van der Waals surface area contributed by atoms with Gasteiger partial charge in [-0.05, 0) is 13.3 Å². The highest BCUT2D eigenvalue weighted by Crippen LogP contribution is 2.51. The number of halogens is 2. The van der Waals surface area contributed by atoms with Crippen LogP contribution in [0.5, 0.6) is 0 Å². The highest BCUT2D eigenvalue weighted by molar-refractivity contribution is 8.03. The largest absolute Gasteiger partial charge is 0.477 e. The van der Waals surface area contributed by atoms with Crippen molar-refractivity contribution in [1.29, 1.82) is 0 Å². The fourth-order valence-electron chi connectivity index (χ4n) is 5.68. The lowest BCUT2D eigenvalue weighted by Gasteiger charge is -2.47. The van der Waals surface area contributed by atoms with Gasteiger partial charge in [-0.25, -0.2) is 4.79 Å². The Morgan fingerprint density at radius 1 is 1.22 bits per heavy atom. The van der Waals surface area contributed by atoms with Crippen molar-refractivity contribution < 1.29 is 37.5 Å². The number of hydrogen-bond acceptors (Lipinski definition) is 6. The van der Waals surface area contributed by atoms with E-state index in [-0.39, 0.29) is 28.8 Å². The van der Waals surface area contributed by atoms with Crippen LogP contribution in [0.3, 0.4) is 0 Å². The van der Waals surface area contributed by atoms with Gasteiger partial charge in [0.05, 0.1) is 58.3 Å². The summed E-state index contributed by atoms with van der Waals surface area (Å²) in [5.41, 5.74) is -0.0862. The van der Waals surface area contributed by atoms with Gasteiger partial charge in [0.1, 0.15) is 5.70 Å². The minimum atomic E-state index is -3.19. The highest BCUT2D eigenvalue weighted by Gasteiger charge is 2.60. The Balaban J connectivity index is 1.42. The number of nitrogens with one attached hydrogen (secondary N) is 2. The smallest absolute Gasteiger partial charge is 0.353 e. The van der Waals surface area contributed by atoms with Gasteiger partial charge >= 0.3 is 12.4 Å². The summed E-state index contributed by atoms with van der Waals surface area (Å²) < 4.78 is 26.2. The summed E-state index contributed by atoms with van der Waals surface area (Å²) >= 11 is 1.37. The molecule has 0 bridgehead atoms. The van der Waals surface area contributed by atoms with E-state index in [1.165, 1.54) is 23.6 Å². The lowest BCUT2D eigenvalue weighted by molar-refractivity contribution is -0.894. The summed E-state index contributed by atoms with van der Waals surface area (Å²) in [6.45, 7) is 7.02. The Morgan fingerprint density at radius 3 is 2.44 bits per heavy atom. The molecule has 4 aliphatic rings. The van der Waals surface area contributed by atoms with Crippen LogP contribution in [0.25, 0.3) is 0 Å². The number of rotatable bonds is 7. The van der Waals surface area contributed by atoms with Gasteiger partial charge in [0, 0.05) is 28.7 Å². The van der Waals surface area contributed by atoms with Gasteiger partial charge in [-0.15, -0.1) is 11.8 Å². The second-order valence-electron chi connectivity index (χ2n) is 10.8. The molecule has 0 aromatic heterocycles. The quantitative estimate of drug-likeness (QED) is 0.311. The average molecular weight is 531 g/mol. The van der Waals surface area contributed by atoms with Crippen LogP contribution < -0.4 is 10.6 Å². The monoisotopic (exact) mass is 530 g/mol. The van der Waals surface area contributed by atoms with Gasteiger partial charge in [-0.2, -0.15) is 8.78 Å². The van der Waals surface area contributed by atoms with Crippen molar-refractivity contribution in [3.63, 3.8) is 0 Å². The number of hydrogen-bond donors (Lipinski definition) is 3. The van der Waals surface area contributed by atoms with E-state index in [0.29, 0.717) is 31.0 Å². The Hall–Kier alpha value is -2.25. The Morgan fingerprint density at radius 2 is 1.86 bits per heavy atom.